The summed E-state index contributed by atoms with van der Waals surface area (Å²) >= 11 is 5.93. The molecule has 2 amide bonds. The van der Waals surface area contributed by atoms with E-state index >= 15 is 0 Å². The van der Waals surface area contributed by atoms with Crippen LogP contribution in [0.4, 0.5) is 25.0 Å². The number of para-hydroxylation sites is 2. The standard InChI is InChI=1S/C23H20ClF2N3O3S/c24-17-5-3-6-20(13-17)33(31,32)27-21-7-1-2-8-22(21)29-10-4-9-28(23(29)30)15-16-11-18(25)14-19(26)12-16/h1-3,5-8,11-14,27H,4,9-10,15H2. The molecule has 1 heterocycles. The van der Waals surface area contributed by atoms with Crippen LogP contribution in [0.25, 0.3) is 0 Å². The summed E-state index contributed by atoms with van der Waals surface area (Å²) in [6, 6.07) is 15.2. The third-order valence-electron chi connectivity index (χ3n) is 5.15. The van der Waals surface area contributed by atoms with Crippen LogP contribution in [0, 0.1) is 11.6 Å². The first kappa shape index (κ1) is 23.0. The number of hydrogen-bond acceptors (Lipinski definition) is 3. The Bertz CT molecular complexity index is 1280. The lowest BCUT2D eigenvalue weighted by Crippen LogP contribution is -2.49. The van der Waals surface area contributed by atoms with E-state index < -0.39 is 21.7 Å². The maximum Gasteiger partial charge on any atom is 0.324 e. The van der Waals surface area contributed by atoms with Gasteiger partial charge in [-0.2, -0.15) is 0 Å². The Labute approximate surface area is 195 Å². The summed E-state index contributed by atoms with van der Waals surface area (Å²) < 4.78 is 55.4. The summed E-state index contributed by atoms with van der Waals surface area (Å²) in [5.74, 6) is -1.43. The third kappa shape index (κ3) is 5.26. The molecule has 0 aliphatic carbocycles. The van der Waals surface area contributed by atoms with Crippen LogP contribution in [0.3, 0.4) is 0 Å². The van der Waals surface area contributed by atoms with Crippen molar-refractivity contribution in [2.24, 2.45) is 0 Å². The minimum atomic E-state index is -3.96. The topological polar surface area (TPSA) is 69.7 Å². The van der Waals surface area contributed by atoms with Gasteiger partial charge in [-0.25, -0.2) is 22.0 Å². The molecule has 1 N–H and O–H groups in total. The highest BCUT2D eigenvalue weighted by Crippen LogP contribution is 2.31. The summed E-state index contributed by atoms with van der Waals surface area (Å²) in [7, 11) is -3.96. The first-order valence-electron chi connectivity index (χ1n) is 10.1. The van der Waals surface area contributed by atoms with E-state index in [0.717, 1.165) is 6.07 Å². The number of nitrogens with one attached hydrogen (secondary N) is 1. The van der Waals surface area contributed by atoms with Gasteiger partial charge in [0.1, 0.15) is 11.6 Å². The molecular formula is C23H20ClF2N3O3S. The fourth-order valence-electron chi connectivity index (χ4n) is 3.71. The number of nitrogens with zero attached hydrogens (tertiary/aromatic N) is 2. The van der Waals surface area contributed by atoms with Crippen LogP contribution < -0.4 is 9.62 Å². The fourth-order valence-corrected chi connectivity index (χ4v) is 5.08. The maximum atomic E-state index is 13.6. The molecule has 1 saturated heterocycles. The number of hydrogen-bond donors (Lipinski definition) is 1. The molecule has 0 bridgehead atoms. The summed E-state index contributed by atoms with van der Waals surface area (Å²) in [6.07, 6.45) is 0.596. The number of urea groups is 1. The van der Waals surface area contributed by atoms with Crippen LogP contribution in [-0.2, 0) is 16.6 Å². The SMILES string of the molecule is O=C1N(Cc2cc(F)cc(F)c2)CCCN1c1ccccc1NS(=O)(=O)c1cccc(Cl)c1. The number of sulfonamides is 1. The van der Waals surface area contributed by atoms with E-state index in [1.54, 1.807) is 30.3 Å². The van der Waals surface area contributed by atoms with Crippen LogP contribution in [0.15, 0.2) is 71.6 Å². The average Bonchev–Trinajstić information content (AvgIpc) is 2.75. The van der Waals surface area contributed by atoms with Crippen LogP contribution >= 0.6 is 11.6 Å². The molecule has 4 rings (SSSR count). The molecule has 0 radical (unpaired) electrons. The molecule has 33 heavy (non-hydrogen) atoms. The smallest absolute Gasteiger partial charge is 0.320 e. The number of carbonyl (C=O) groups excluding carboxylic acids is 1. The van der Waals surface area contributed by atoms with Crippen LogP contribution in [0.5, 0.6) is 0 Å². The van der Waals surface area contributed by atoms with E-state index in [-0.39, 0.29) is 28.2 Å². The molecule has 0 atom stereocenters. The lowest BCUT2D eigenvalue weighted by molar-refractivity contribution is 0.192. The van der Waals surface area contributed by atoms with E-state index in [0.29, 0.717) is 30.8 Å². The van der Waals surface area contributed by atoms with Crippen LogP contribution in [0.1, 0.15) is 12.0 Å². The number of anilines is 2. The Balaban J connectivity index is 1.59. The van der Waals surface area contributed by atoms with Crippen molar-refractivity contribution in [2.75, 3.05) is 22.7 Å². The maximum absolute atomic E-state index is 13.6. The summed E-state index contributed by atoms with van der Waals surface area (Å²) in [5, 5.41) is 0.279. The van der Waals surface area contributed by atoms with Crippen molar-refractivity contribution in [3.05, 3.63) is 89.0 Å². The van der Waals surface area contributed by atoms with Gasteiger partial charge in [0.2, 0.25) is 0 Å². The van der Waals surface area contributed by atoms with Crippen molar-refractivity contribution in [3.8, 4) is 0 Å². The van der Waals surface area contributed by atoms with Crippen molar-refractivity contribution in [3.63, 3.8) is 0 Å². The van der Waals surface area contributed by atoms with Gasteiger partial charge in [0.15, 0.2) is 0 Å². The molecule has 10 heteroatoms. The average molecular weight is 492 g/mol. The predicted molar refractivity (Wildman–Crippen MR) is 123 cm³/mol. The molecular weight excluding hydrogens is 472 g/mol. The van der Waals surface area contributed by atoms with Gasteiger partial charge >= 0.3 is 6.03 Å². The second kappa shape index (κ2) is 9.36. The molecule has 0 aromatic heterocycles. The third-order valence-corrected chi connectivity index (χ3v) is 6.75. The molecule has 1 aliphatic heterocycles. The minimum Gasteiger partial charge on any atom is -0.320 e. The molecule has 1 fully saturated rings. The number of rotatable bonds is 6. The second-order valence-electron chi connectivity index (χ2n) is 7.57. The van der Waals surface area contributed by atoms with Crippen molar-refractivity contribution >= 4 is 39.0 Å². The normalized spacial score (nSPS) is 14.5. The number of halogens is 3. The zero-order valence-corrected chi connectivity index (χ0v) is 18.9. The Morgan fingerprint density at radius 1 is 0.939 bits per heavy atom. The molecule has 0 saturated carbocycles. The summed E-state index contributed by atoms with van der Waals surface area (Å²) in [4.78, 5) is 16.1. The molecule has 0 spiro atoms. The Morgan fingerprint density at radius 3 is 2.39 bits per heavy atom. The predicted octanol–water partition coefficient (Wildman–Crippen LogP) is 5.25. The number of carbonyl (C=O) groups is 1. The first-order chi connectivity index (χ1) is 15.7. The summed E-state index contributed by atoms with van der Waals surface area (Å²) in [6.45, 7) is 0.799. The van der Waals surface area contributed by atoms with Gasteiger partial charge < -0.3 is 4.90 Å². The monoisotopic (exact) mass is 491 g/mol. The van der Waals surface area contributed by atoms with Gasteiger partial charge in [0.05, 0.1) is 16.3 Å². The van der Waals surface area contributed by atoms with E-state index in [2.05, 4.69) is 4.72 Å². The van der Waals surface area contributed by atoms with Gasteiger partial charge in [-0.3, -0.25) is 9.62 Å². The highest BCUT2D eigenvalue weighted by molar-refractivity contribution is 7.92. The van der Waals surface area contributed by atoms with Crippen molar-refractivity contribution in [2.45, 2.75) is 17.9 Å². The fraction of sp³-hybridized carbons (Fsp3) is 0.174. The Kier molecular flexibility index (Phi) is 6.53. The van der Waals surface area contributed by atoms with E-state index in [1.807, 2.05) is 0 Å². The van der Waals surface area contributed by atoms with Gasteiger partial charge in [-0.1, -0.05) is 29.8 Å². The van der Waals surface area contributed by atoms with Gasteiger partial charge in [0, 0.05) is 30.7 Å². The molecule has 172 valence electrons. The highest BCUT2D eigenvalue weighted by atomic mass is 35.5. The molecule has 3 aromatic carbocycles. The van der Waals surface area contributed by atoms with Gasteiger partial charge in [0.25, 0.3) is 10.0 Å². The summed E-state index contributed by atoms with van der Waals surface area (Å²) in [5.41, 5.74) is 0.936. The minimum absolute atomic E-state index is 0.00969. The highest BCUT2D eigenvalue weighted by Gasteiger charge is 2.29. The second-order valence-corrected chi connectivity index (χ2v) is 9.69. The lowest BCUT2D eigenvalue weighted by atomic mass is 10.1. The Morgan fingerprint density at radius 2 is 1.67 bits per heavy atom. The van der Waals surface area contributed by atoms with E-state index in [4.69, 9.17) is 11.6 Å². The first-order valence-corrected chi connectivity index (χ1v) is 12.0. The van der Waals surface area contributed by atoms with Crippen molar-refractivity contribution < 1.29 is 22.0 Å². The number of amides is 2. The Hall–Kier alpha value is -3.17. The quantitative estimate of drug-likeness (QED) is 0.512. The van der Waals surface area contributed by atoms with Gasteiger partial charge in [-0.15, -0.1) is 0 Å². The zero-order valence-electron chi connectivity index (χ0n) is 17.3. The van der Waals surface area contributed by atoms with Crippen molar-refractivity contribution in [1.82, 2.24) is 4.90 Å². The zero-order chi connectivity index (χ0) is 23.6. The number of benzene rings is 3. The van der Waals surface area contributed by atoms with Crippen LogP contribution in [0.2, 0.25) is 5.02 Å². The van der Waals surface area contributed by atoms with Crippen LogP contribution in [-0.4, -0.2) is 32.4 Å². The van der Waals surface area contributed by atoms with E-state index in [9.17, 15) is 22.0 Å². The largest absolute Gasteiger partial charge is 0.324 e. The van der Waals surface area contributed by atoms with Gasteiger partial charge in [-0.05, 0) is 54.4 Å². The molecule has 3 aromatic rings. The van der Waals surface area contributed by atoms with Crippen molar-refractivity contribution in [1.29, 1.82) is 0 Å². The van der Waals surface area contributed by atoms with E-state index in [1.165, 1.54) is 40.1 Å². The lowest BCUT2D eigenvalue weighted by Gasteiger charge is -2.36. The molecule has 6 nitrogen and oxygen atoms in total. The molecule has 0 unspecified atom stereocenters. The molecule has 1 aliphatic rings.